The van der Waals surface area contributed by atoms with E-state index in [1.54, 1.807) is 0 Å². The molecule has 4 nitrogen and oxygen atoms in total. The molecular formula is C18H39NO3. The first-order chi connectivity index (χ1) is 10.6. The predicted octanol–water partition coefficient (Wildman–Crippen LogP) is 3.12. The maximum absolute atomic E-state index is 9.74. The standard InChI is InChI=1S/C18H39NO3/c1-2-3-4-5-6-7-8-9-10-11-12-13-14-17(21)18(22)16(19)15-20/h16-18,20-22H,2-15,19H2,1H3/t16-,17+,18+/m0/s1. The van der Waals surface area contributed by atoms with Crippen LogP contribution in [0.5, 0.6) is 0 Å². The van der Waals surface area contributed by atoms with Crippen LogP contribution in [-0.2, 0) is 0 Å². The Labute approximate surface area is 137 Å². The molecule has 0 saturated heterocycles. The molecule has 5 N–H and O–H groups in total. The summed E-state index contributed by atoms with van der Waals surface area (Å²) < 4.78 is 0. The summed E-state index contributed by atoms with van der Waals surface area (Å²) in [6.07, 6.45) is 14.1. The van der Waals surface area contributed by atoms with E-state index in [1.165, 1.54) is 64.2 Å². The van der Waals surface area contributed by atoms with Gasteiger partial charge in [0, 0.05) is 0 Å². The highest BCUT2D eigenvalue weighted by Gasteiger charge is 2.22. The van der Waals surface area contributed by atoms with Gasteiger partial charge in [0.15, 0.2) is 0 Å². The molecule has 22 heavy (non-hydrogen) atoms. The zero-order chi connectivity index (χ0) is 16.6. The van der Waals surface area contributed by atoms with Gasteiger partial charge in [-0.2, -0.15) is 0 Å². The van der Waals surface area contributed by atoms with Crippen LogP contribution in [0.4, 0.5) is 0 Å². The monoisotopic (exact) mass is 317 g/mol. The Balaban J connectivity index is 3.26. The third-order valence-electron chi connectivity index (χ3n) is 4.40. The average Bonchev–Trinajstić information content (AvgIpc) is 2.54. The molecule has 0 radical (unpaired) electrons. The molecule has 0 unspecified atom stereocenters. The molecule has 0 amide bonds. The number of unbranched alkanes of at least 4 members (excludes halogenated alkanes) is 11. The molecule has 4 heteroatoms. The van der Waals surface area contributed by atoms with Crippen molar-refractivity contribution in [2.45, 2.75) is 109 Å². The van der Waals surface area contributed by atoms with Gasteiger partial charge in [-0.3, -0.25) is 0 Å². The fourth-order valence-electron chi connectivity index (χ4n) is 2.76. The van der Waals surface area contributed by atoms with Gasteiger partial charge in [-0.25, -0.2) is 0 Å². The van der Waals surface area contributed by atoms with Crippen molar-refractivity contribution >= 4 is 0 Å². The normalized spacial score (nSPS) is 15.7. The van der Waals surface area contributed by atoms with Crippen LogP contribution in [-0.4, -0.2) is 40.2 Å². The molecule has 0 rings (SSSR count). The Morgan fingerprint density at radius 1 is 0.727 bits per heavy atom. The lowest BCUT2D eigenvalue weighted by molar-refractivity contribution is -0.0121. The molecule has 0 aliphatic rings. The summed E-state index contributed by atoms with van der Waals surface area (Å²) in [5.74, 6) is 0. The summed E-state index contributed by atoms with van der Waals surface area (Å²) in [6, 6.07) is -0.743. The van der Waals surface area contributed by atoms with Crippen LogP contribution in [0.15, 0.2) is 0 Å². The van der Waals surface area contributed by atoms with Gasteiger partial charge in [0.25, 0.3) is 0 Å². The zero-order valence-electron chi connectivity index (χ0n) is 14.6. The van der Waals surface area contributed by atoms with Crippen LogP contribution in [0, 0.1) is 0 Å². The second kappa shape index (κ2) is 15.7. The van der Waals surface area contributed by atoms with Gasteiger partial charge >= 0.3 is 0 Å². The highest BCUT2D eigenvalue weighted by molar-refractivity contribution is 4.77. The van der Waals surface area contributed by atoms with Crippen LogP contribution in [0.25, 0.3) is 0 Å². The van der Waals surface area contributed by atoms with Crippen molar-refractivity contribution < 1.29 is 15.3 Å². The molecule has 0 fully saturated rings. The first kappa shape index (κ1) is 21.8. The Morgan fingerprint density at radius 3 is 1.55 bits per heavy atom. The number of hydrogen-bond donors (Lipinski definition) is 4. The van der Waals surface area contributed by atoms with Crippen molar-refractivity contribution in [3.63, 3.8) is 0 Å². The van der Waals surface area contributed by atoms with Gasteiger partial charge < -0.3 is 21.1 Å². The number of aliphatic hydroxyl groups is 3. The average molecular weight is 318 g/mol. The molecule has 0 spiro atoms. The molecule has 0 heterocycles. The second-order valence-corrected chi connectivity index (χ2v) is 6.58. The van der Waals surface area contributed by atoms with Crippen molar-refractivity contribution in [3.05, 3.63) is 0 Å². The number of aliphatic hydroxyl groups excluding tert-OH is 3. The summed E-state index contributed by atoms with van der Waals surface area (Å²) >= 11 is 0. The summed E-state index contributed by atoms with van der Waals surface area (Å²) in [5.41, 5.74) is 5.49. The quantitative estimate of drug-likeness (QED) is 0.329. The number of nitrogens with two attached hydrogens (primary N) is 1. The number of rotatable bonds is 16. The van der Waals surface area contributed by atoms with Gasteiger partial charge in [-0.15, -0.1) is 0 Å². The second-order valence-electron chi connectivity index (χ2n) is 6.58. The lowest BCUT2D eigenvalue weighted by Crippen LogP contribution is -2.45. The fraction of sp³-hybridized carbons (Fsp3) is 1.00. The van der Waals surface area contributed by atoms with Gasteiger partial charge in [-0.1, -0.05) is 84.0 Å². The van der Waals surface area contributed by atoms with Crippen molar-refractivity contribution in [2.75, 3.05) is 6.61 Å². The van der Waals surface area contributed by atoms with E-state index < -0.39 is 18.2 Å². The van der Waals surface area contributed by atoms with E-state index >= 15 is 0 Å². The minimum Gasteiger partial charge on any atom is -0.395 e. The zero-order valence-corrected chi connectivity index (χ0v) is 14.6. The lowest BCUT2D eigenvalue weighted by Gasteiger charge is -2.22. The molecule has 0 saturated carbocycles. The van der Waals surface area contributed by atoms with Gasteiger partial charge in [0.2, 0.25) is 0 Å². The molecule has 0 aliphatic heterocycles. The number of hydrogen-bond acceptors (Lipinski definition) is 4. The predicted molar refractivity (Wildman–Crippen MR) is 92.8 cm³/mol. The largest absolute Gasteiger partial charge is 0.395 e. The van der Waals surface area contributed by atoms with Gasteiger partial charge in [-0.05, 0) is 6.42 Å². The maximum Gasteiger partial charge on any atom is 0.0971 e. The van der Waals surface area contributed by atoms with E-state index in [2.05, 4.69) is 6.92 Å². The minimum absolute atomic E-state index is 0.295. The van der Waals surface area contributed by atoms with Gasteiger partial charge in [0.1, 0.15) is 0 Å². The van der Waals surface area contributed by atoms with Crippen molar-refractivity contribution in [3.8, 4) is 0 Å². The smallest absolute Gasteiger partial charge is 0.0971 e. The van der Waals surface area contributed by atoms with E-state index in [0.717, 1.165) is 12.8 Å². The van der Waals surface area contributed by atoms with Crippen LogP contribution in [0.3, 0.4) is 0 Å². The molecule has 0 aromatic carbocycles. The lowest BCUT2D eigenvalue weighted by atomic mass is 10.00. The topological polar surface area (TPSA) is 86.7 Å². The van der Waals surface area contributed by atoms with Gasteiger partial charge in [0.05, 0.1) is 24.9 Å². The highest BCUT2D eigenvalue weighted by Crippen LogP contribution is 2.14. The van der Waals surface area contributed by atoms with Crippen molar-refractivity contribution in [1.82, 2.24) is 0 Å². The van der Waals surface area contributed by atoms with Crippen LogP contribution >= 0.6 is 0 Å². The van der Waals surface area contributed by atoms with E-state index in [4.69, 9.17) is 10.8 Å². The molecule has 0 aromatic heterocycles. The summed E-state index contributed by atoms with van der Waals surface area (Å²) in [5, 5.41) is 28.2. The van der Waals surface area contributed by atoms with E-state index in [-0.39, 0.29) is 6.61 Å². The van der Waals surface area contributed by atoms with E-state index in [9.17, 15) is 10.2 Å². The Morgan fingerprint density at radius 2 is 1.14 bits per heavy atom. The van der Waals surface area contributed by atoms with E-state index in [1.807, 2.05) is 0 Å². The minimum atomic E-state index is -1.02. The van der Waals surface area contributed by atoms with Crippen LogP contribution in [0.2, 0.25) is 0 Å². The Kier molecular flexibility index (Phi) is 15.6. The summed E-state index contributed by atoms with van der Waals surface area (Å²) in [4.78, 5) is 0. The Bertz CT molecular complexity index is 226. The third kappa shape index (κ3) is 12.4. The van der Waals surface area contributed by atoms with E-state index in [0.29, 0.717) is 6.42 Å². The maximum atomic E-state index is 9.74. The summed E-state index contributed by atoms with van der Waals surface area (Å²) in [7, 11) is 0. The molecule has 3 atom stereocenters. The Hall–Kier alpha value is -0.160. The van der Waals surface area contributed by atoms with Crippen LogP contribution in [0.1, 0.15) is 90.4 Å². The fourth-order valence-corrected chi connectivity index (χ4v) is 2.76. The van der Waals surface area contributed by atoms with Crippen molar-refractivity contribution in [2.24, 2.45) is 5.73 Å². The van der Waals surface area contributed by atoms with Crippen LogP contribution < -0.4 is 5.73 Å². The first-order valence-electron chi connectivity index (χ1n) is 9.36. The third-order valence-corrected chi connectivity index (χ3v) is 4.40. The molecule has 0 bridgehead atoms. The van der Waals surface area contributed by atoms with Crippen molar-refractivity contribution in [1.29, 1.82) is 0 Å². The highest BCUT2D eigenvalue weighted by atomic mass is 16.3. The first-order valence-corrected chi connectivity index (χ1v) is 9.36. The SMILES string of the molecule is CCCCCCCCCCCCCC[C@@H](O)[C@H](O)[C@@H](N)CO. The molecule has 0 aliphatic carbocycles. The molecule has 134 valence electrons. The summed E-state index contributed by atoms with van der Waals surface area (Å²) in [6.45, 7) is 1.96. The molecular weight excluding hydrogens is 278 g/mol. The molecule has 0 aromatic rings.